The molecule has 0 amide bonds. The van der Waals surface area contributed by atoms with E-state index >= 15 is 0 Å². The van der Waals surface area contributed by atoms with E-state index in [0.717, 1.165) is 64.9 Å². The Morgan fingerprint density at radius 1 is 1.23 bits per heavy atom. The van der Waals surface area contributed by atoms with E-state index in [9.17, 15) is 5.11 Å². The third-order valence-electron chi connectivity index (χ3n) is 5.31. The summed E-state index contributed by atoms with van der Waals surface area (Å²) in [6.45, 7) is 1.63. The zero-order chi connectivity index (χ0) is 20.3. The fraction of sp³-hybridized carbons (Fsp3) is 0.364. The van der Waals surface area contributed by atoms with Gasteiger partial charge in [0, 0.05) is 42.7 Å². The highest BCUT2D eigenvalue weighted by Crippen LogP contribution is 2.35. The van der Waals surface area contributed by atoms with Crippen LogP contribution < -0.4 is 10.1 Å². The van der Waals surface area contributed by atoms with Gasteiger partial charge in [0.15, 0.2) is 0 Å². The molecule has 1 atom stereocenters. The van der Waals surface area contributed by atoms with Gasteiger partial charge >= 0.3 is 0 Å². The quantitative estimate of drug-likeness (QED) is 0.558. The lowest BCUT2D eigenvalue weighted by molar-refractivity contribution is 0.0905. The molecule has 5 rings (SSSR count). The van der Waals surface area contributed by atoms with Crippen LogP contribution in [0, 0.1) is 0 Å². The summed E-state index contributed by atoms with van der Waals surface area (Å²) in [5.74, 6) is 2.26. The highest BCUT2D eigenvalue weighted by atomic mass is 32.2. The average Bonchev–Trinajstić information content (AvgIpc) is 3.42. The van der Waals surface area contributed by atoms with E-state index in [1.54, 1.807) is 24.2 Å². The minimum atomic E-state index is -0.0271. The Hall–Kier alpha value is -2.55. The van der Waals surface area contributed by atoms with Crippen LogP contribution in [0.2, 0.25) is 0 Å². The molecule has 0 bridgehead atoms. The first-order valence-electron chi connectivity index (χ1n) is 10.2. The molecule has 1 fully saturated rings. The summed E-state index contributed by atoms with van der Waals surface area (Å²) < 4.78 is 11.6. The maximum atomic E-state index is 9.40. The van der Waals surface area contributed by atoms with Crippen LogP contribution in [0.5, 0.6) is 11.5 Å². The molecule has 7 nitrogen and oxygen atoms in total. The maximum Gasteiger partial charge on any atom is 0.145 e. The lowest BCUT2D eigenvalue weighted by atomic mass is 10.1. The predicted molar refractivity (Wildman–Crippen MR) is 120 cm³/mol. The smallest absolute Gasteiger partial charge is 0.145 e. The SMILES string of the molecule is OCC1CSC(c2cc3cc(Oc4cccnc4)cc(NC4CCOCC4)c3[nH]2)=N1. The number of benzene rings is 1. The number of nitrogens with one attached hydrogen (secondary N) is 2. The topological polar surface area (TPSA) is 91.8 Å². The minimum absolute atomic E-state index is 0.0271. The zero-order valence-electron chi connectivity index (χ0n) is 16.5. The van der Waals surface area contributed by atoms with Crippen molar-refractivity contribution in [3.63, 3.8) is 0 Å². The molecule has 1 unspecified atom stereocenters. The van der Waals surface area contributed by atoms with Crippen LogP contribution >= 0.6 is 11.8 Å². The van der Waals surface area contributed by atoms with Crippen LogP contribution in [0.15, 0.2) is 47.7 Å². The molecule has 2 aromatic heterocycles. The van der Waals surface area contributed by atoms with Crippen molar-refractivity contribution in [1.29, 1.82) is 0 Å². The molecule has 1 saturated heterocycles. The number of nitrogens with zero attached hydrogens (tertiary/aromatic N) is 2. The number of anilines is 1. The van der Waals surface area contributed by atoms with Gasteiger partial charge in [0.1, 0.15) is 16.5 Å². The van der Waals surface area contributed by atoms with Crippen molar-refractivity contribution < 1.29 is 14.6 Å². The number of pyridine rings is 1. The molecular formula is C22H24N4O3S. The summed E-state index contributed by atoms with van der Waals surface area (Å²) in [7, 11) is 0. The second-order valence-corrected chi connectivity index (χ2v) is 8.53. The van der Waals surface area contributed by atoms with Crippen LogP contribution in [0.4, 0.5) is 5.69 Å². The molecular weight excluding hydrogens is 400 g/mol. The van der Waals surface area contributed by atoms with Gasteiger partial charge in [-0.05, 0) is 37.1 Å². The second kappa shape index (κ2) is 8.67. The average molecular weight is 425 g/mol. The third kappa shape index (κ3) is 4.16. The van der Waals surface area contributed by atoms with E-state index < -0.39 is 0 Å². The minimum Gasteiger partial charge on any atom is -0.456 e. The number of hydrogen-bond acceptors (Lipinski definition) is 7. The van der Waals surface area contributed by atoms with Crippen LogP contribution in [0.25, 0.3) is 10.9 Å². The molecule has 0 aliphatic carbocycles. The van der Waals surface area contributed by atoms with Gasteiger partial charge < -0.3 is 24.9 Å². The Morgan fingerprint density at radius 2 is 2.13 bits per heavy atom. The number of aromatic amines is 1. The lowest BCUT2D eigenvalue weighted by Crippen LogP contribution is -2.27. The van der Waals surface area contributed by atoms with Crippen LogP contribution in [0.3, 0.4) is 0 Å². The molecule has 156 valence electrons. The van der Waals surface area contributed by atoms with Crippen LogP contribution in [-0.4, -0.2) is 57.8 Å². The van der Waals surface area contributed by atoms with E-state index in [0.29, 0.717) is 11.8 Å². The van der Waals surface area contributed by atoms with E-state index in [-0.39, 0.29) is 12.6 Å². The lowest BCUT2D eigenvalue weighted by Gasteiger charge is -2.24. The van der Waals surface area contributed by atoms with Crippen molar-refractivity contribution in [2.45, 2.75) is 24.9 Å². The Labute approximate surface area is 178 Å². The summed E-state index contributed by atoms with van der Waals surface area (Å²) in [5.41, 5.74) is 3.01. The van der Waals surface area contributed by atoms with Crippen molar-refractivity contribution in [3.8, 4) is 11.5 Å². The van der Waals surface area contributed by atoms with E-state index in [2.05, 4.69) is 26.3 Å². The highest BCUT2D eigenvalue weighted by Gasteiger charge is 2.22. The number of rotatable bonds is 6. The molecule has 0 saturated carbocycles. The van der Waals surface area contributed by atoms with Gasteiger partial charge in [-0.25, -0.2) is 0 Å². The number of aliphatic imine (C=N–C) groups is 1. The number of hydrogen-bond donors (Lipinski definition) is 3. The van der Waals surface area contributed by atoms with Crippen molar-refractivity contribution in [3.05, 3.63) is 48.4 Å². The molecule has 30 heavy (non-hydrogen) atoms. The molecule has 2 aliphatic rings. The van der Waals surface area contributed by atoms with Gasteiger partial charge in [-0.1, -0.05) is 0 Å². The van der Waals surface area contributed by atoms with Crippen molar-refractivity contribution in [2.75, 3.05) is 30.9 Å². The summed E-state index contributed by atoms with van der Waals surface area (Å²) in [6, 6.07) is 10.2. The Morgan fingerprint density at radius 3 is 2.90 bits per heavy atom. The van der Waals surface area contributed by atoms with Crippen LogP contribution in [0.1, 0.15) is 18.5 Å². The van der Waals surface area contributed by atoms with Gasteiger partial charge in [0.2, 0.25) is 0 Å². The molecule has 3 N–H and O–H groups in total. The first kappa shape index (κ1) is 19.4. The third-order valence-corrected chi connectivity index (χ3v) is 6.46. The predicted octanol–water partition coefficient (Wildman–Crippen LogP) is 3.80. The number of aliphatic hydroxyl groups excluding tert-OH is 1. The molecule has 0 radical (unpaired) electrons. The van der Waals surface area contributed by atoms with Gasteiger partial charge in [-0.15, -0.1) is 11.8 Å². The Bertz CT molecular complexity index is 1050. The Kier molecular flexibility index (Phi) is 5.61. The summed E-state index contributed by atoms with van der Waals surface area (Å²) in [6.07, 6.45) is 5.39. The molecule has 3 aromatic rings. The number of H-pyrrole nitrogens is 1. The van der Waals surface area contributed by atoms with Gasteiger partial charge in [0.25, 0.3) is 0 Å². The standard InChI is InChI=1S/C22H24N4O3S/c27-12-16-13-30-22(25-16)20-9-14-8-18(29-17-2-1-5-23-11-17)10-19(21(14)26-20)24-15-3-6-28-7-4-15/h1-2,5,8-11,15-16,24,26-27H,3-4,6-7,12-13H2. The summed E-state index contributed by atoms with van der Waals surface area (Å²) in [4.78, 5) is 12.3. The second-order valence-electron chi connectivity index (χ2n) is 7.52. The van der Waals surface area contributed by atoms with Gasteiger partial charge in [-0.2, -0.15) is 0 Å². The monoisotopic (exact) mass is 424 g/mol. The molecule has 2 aliphatic heterocycles. The maximum absolute atomic E-state index is 9.40. The number of aromatic nitrogens is 2. The number of thioether (sulfide) groups is 1. The largest absolute Gasteiger partial charge is 0.456 e. The van der Waals surface area contributed by atoms with Crippen molar-refractivity contribution in [1.82, 2.24) is 9.97 Å². The summed E-state index contributed by atoms with van der Waals surface area (Å²) >= 11 is 1.67. The summed E-state index contributed by atoms with van der Waals surface area (Å²) in [5, 5.41) is 15.1. The highest BCUT2D eigenvalue weighted by molar-refractivity contribution is 8.14. The van der Waals surface area contributed by atoms with Crippen molar-refractivity contribution >= 4 is 33.4 Å². The molecule has 1 aromatic carbocycles. The molecule has 0 spiro atoms. The number of ether oxygens (including phenoxy) is 2. The number of aliphatic hydroxyl groups is 1. The van der Waals surface area contributed by atoms with Crippen LogP contribution in [-0.2, 0) is 4.74 Å². The van der Waals surface area contributed by atoms with E-state index in [1.165, 1.54) is 0 Å². The normalized spacial score (nSPS) is 19.8. The van der Waals surface area contributed by atoms with Crippen molar-refractivity contribution in [2.24, 2.45) is 4.99 Å². The first-order chi connectivity index (χ1) is 14.8. The fourth-order valence-corrected chi connectivity index (χ4v) is 4.79. The van der Waals surface area contributed by atoms with E-state index in [1.807, 2.05) is 24.3 Å². The first-order valence-corrected chi connectivity index (χ1v) is 11.2. The molecule has 4 heterocycles. The fourth-order valence-electron chi connectivity index (χ4n) is 3.77. The number of fused-ring (bicyclic) bond motifs is 1. The molecule has 8 heteroatoms. The van der Waals surface area contributed by atoms with Gasteiger partial charge in [0.05, 0.1) is 35.7 Å². The van der Waals surface area contributed by atoms with E-state index in [4.69, 9.17) is 9.47 Å². The zero-order valence-corrected chi connectivity index (χ0v) is 17.3. The van der Waals surface area contributed by atoms with Gasteiger partial charge in [-0.3, -0.25) is 9.98 Å². The Balaban J connectivity index is 1.51.